The summed E-state index contributed by atoms with van der Waals surface area (Å²) in [6, 6.07) is 5.20. The predicted molar refractivity (Wildman–Crippen MR) is 63.2 cm³/mol. The molecule has 1 aromatic carbocycles. The number of aromatic nitrogens is 2. The molecule has 0 spiro atoms. The van der Waals surface area contributed by atoms with Crippen LogP contribution in [0.1, 0.15) is 19.2 Å². The zero-order chi connectivity index (χ0) is 11.5. The minimum atomic E-state index is 0.438. The van der Waals surface area contributed by atoms with Crippen LogP contribution in [0, 0.1) is 0 Å². The van der Waals surface area contributed by atoms with Gasteiger partial charge in [0.25, 0.3) is 5.89 Å². The van der Waals surface area contributed by atoms with Gasteiger partial charge in [-0.15, -0.1) is 0 Å². The molecule has 5 heteroatoms. The molecule has 16 heavy (non-hydrogen) atoms. The molecule has 4 nitrogen and oxygen atoms in total. The Bertz CT molecular complexity index is 496. The molecular formula is C11H12ClN3O. The van der Waals surface area contributed by atoms with E-state index in [1.165, 1.54) is 0 Å². The molecule has 0 aliphatic carbocycles. The second kappa shape index (κ2) is 4.53. The fourth-order valence-electron chi connectivity index (χ4n) is 1.39. The molecule has 0 atom stereocenters. The van der Waals surface area contributed by atoms with Crippen molar-refractivity contribution in [1.82, 2.24) is 10.1 Å². The molecule has 2 N–H and O–H groups in total. The van der Waals surface area contributed by atoms with Gasteiger partial charge in [0.1, 0.15) is 0 Å². The van der Waals surface area contributed by atoms with Crippen molar-refractivity contribution in [1.29, 1.82) is 0 Å². The lowest BCUT2D eigenvalue weighted by molar-refractivity contribution is 0.422. The number of hydrogen-bond donors (Lipinski definition) is 1. The SMILES string of the molecule is CCCc1noc(-c2ccc(N)cc2Cl)n1. The Morgan fingerprint density at radius 2 is 2.25 bits per heavy atom. The molecule has 0 bridgehead atoms. The Morgan fingerprint density at radius 3 is 2.94 bits per heavy atom. The van der Waals surface area contributed by atoms with Crippen LogP contribution in [0.25, 0.3) is 11.5 Å². The van der Waals surface area contributed by atoms with Gasteiger partial charge < -0.3 is 10.3 Å². The lowest BCUT2D eigenvalue weighted by atomic mass is 10.2. The number of aryl methyl sites for hydroxylation is 1. The van der Waals surface area contributed by atoms with E-state index in [0.29, 0.717) is 28.0 Å². The topological polar surface area (TPSA) is 64.9 Å². The number of rotatable bonds is 3. The Hall–Kier alpha value is -1.55. The summed E-state index contributed by atoms with van der Waals surface area (Å²) in [7, 11) is 0. The van der Waals surface area contributed by atoms with Crippen molar-refractivity contribution in [2.45, 2.75) is 19.8 Å². The average molecular weight is 238 g/mol. The third-order valence-electron chi connectivity index (χ3n) is 2.17. The van der Waals surface area contributed by atoms with Gasteiger partial charge in [-0.05, 0) is 24.6 Å². The first kappa shape index (κ1) is 11.0. The molecule has 1 aromatic heterocycles. The van der Waals surface area contributed by atoms with E-state index in [4.69, 9.17) is 21.9 Å². The lowest BCUT2D eigenvalue weighted by Crippen LogP contribution is -1.87. The summed E-state index contributed by atoms with van der Waals surface area (Å²) in [6.45, 7) is 2.06. The third kappa shape index (κ3) is 2.17. The minimum absolute atomic E-state index is 0.438. The first-order valence-corrected chi connectivity index (χ1v) is 5.46. The largest absolute Gasteiger partial charge is 0.399 e. The third-order valence-corrected chi connectivity index (χ3v) is 2.48. The van der Waals surface area contributed by atoms with Gasteiger partial charge in [-0.3, -0.25) is 0 Å². The van der Waals surface area contributed by atoms with Crippen LogP contribution in [0.3, 0.4) is 0 Å². The summed E-state index contributed by atoms with van der Waals surface area (Å²) < 4.78 is 5.14. The number of anilines is 1. The fraction of sp³-hybridized carbons (Fsp3) is 0.273. The normalized spacial score (nSPS) is 10.6. The van der Waals surface area contributed by atoms with Crippen LogP contribution in [0.4, 0.5) is 5.69 Å². The number of nitrogens with two attached hydrogens (primary N) is 1. The highest BCUT2D eigenvalue weighted by atomic mass is 35.5. The van der Waals surface area contributed by atoms with Crippen molar-refractivity contribution < 1.29 is 4.52 Å². The molecular weight excluding hydrogens is 226 g/mol. The lowest BCUT2D eigenvalue weighted by Gasteiger charge is -1.99. The van der Waals surface area contributed by atoms with Crippen molar-refractivity contribution in [3.05, 3.63) is 29.0 Å². The summed E-state index contributed by atoms with van der Waals surface area (Å²) in [6.07, 6.45) is 1.78. The van der Waals surface area contributed by atoms with E-state index in [1.54, 1.807) is 18.2 Å². The van der Waals surface area contributed by atoms with Gasteiger partial charge in [-0.1, -0.05) is 23.7 Å². The van der Waals surface area contributed by atoms with Crippen LogP contribution < -0.4 is 5.73 Å². The van der Waals surface area contributed by atoms with E-state index in [1.807, 2.05) is 0 Å². The minimum Gasteiger partial charge on any atom is -0.399 e. The molecule has 0 saturated heterocycles. The van der Waals surface area contributed by atoms with Crippen molar-refractivity contribution in [3.63, 3.8) is 0 Å². The summed E-state index contributed by atoms with van der Waals surface area (Å²) in [5.74, 6) is 1.14. The molecule has 0 amide bonds. The number of halogens is 1. The summed E-state index contributed by atoms with van der Waals surface area (Å²) >= 11 is 6.04. The second-order valence-electron chi connectivity index (χ2n) is 3.51. The van der Waals surface area contributed by atoms with Crippen molar-refractivity contribution >= 4 is 17.3 Å². The molecule has 2 aromatic rings. The van der Waals surface area contributed by atoms with E-state index in [9.17, 15) is 0 Å². The Kier molecular flexibility index (Phi) is 3.10. The van der Waals surface area contributed by atoms with Crippen molar-refractivity contribution in [3.8, 4) is 11.5 Å². The van der Waals surface area contributed by atoms with Gasteiger partial charge in [-0.25, -0.2) is 0 Å². The number of benzene rings is 1. The van der Waals surface area contributed by atoms with Crippen molar-refractivity contribution in [2.24, 2.45) is 0 Å². The van der Waals surface area contributed by atoms with Gasteiger partial charge in [0.2, 0.25) is 0 Å². The molecule has 0 saturated carbocycles. The maximum absolute atomic E-state index is 6.04. The highest BCUT2D eigenvalue weighted by Gasteiger charge is 2.11. The standard InChI is InChI=1S/C11H12ClN3O/c1-2-3-10-14-11(16-15-10)8-5-4-7(13)6-9(8)12/h4-6H,2-3,13H2,1H3. The van der Waals surface area contributed by atoms with Crippen molar-refractivity contribution in [2.75, 3.05) is 5.73 Å². The molecule has 0 aliphatic rings. The Morgan fingerprint density at radius 1 is 1.44 bits per heavy atom. The van der Waals surface area contributed by atoms with E-state index in [0.717, 1.165) is 12.8 Å². The van der Waals surface area contributed by atoms with Crippen LogP contribution in [-0.4, -0.2) is 10.1 Å². The van der Waals surface area contributed by atoms with Gasteiger partial charge in [0.15, 0.2) is 5.82 Å². The zero-order valence-corrected chi connectivity index (χ0v) is 9.66. The first-order valence-electron chi connectivity index (χ1n) is 5.08. The molecule has 2 rings (SSSR count). The smallest absolute Gasteiger partial charge is 0.259 e. The quantitative estimate of drug-likeness (QED) is 0.834. The van der Waals surface area contributed by atoms with Crippen LogP contribution in [0.15, 0.2) is 22.7 Å². The van der Waals surface area contributed by atoms with E-state index in [2.05, 4.69) is 17.1 Å². The molecule has 0 aliphatic heterocycles. The highest BCUT2D eigenvalue weighted by Crippen LogP contribution is 2.28. The van der Waals surface area contributed by atoms with Gasteiger partial charge in [0, 0.05) is 12.1 Å². The van der Waals surface area contributed by atoms with E-state index < -0.39 is 0 Å². The first-order chi connectivity index (χ1) is 7.70. The molecule has 84 valence electrons. The molecule has 0 unspecified atom stereocenters. The Balaban J connectivity index is 2.35. The second-order valence-corrected chi connectivity index (χ2v) is 3.91. The highest BCUT2D eigenvalue weighted by molar-refractivity contribution is 6.33. The average Bonchev–Trinajstić information content (AvgIpc) is 2.67. The van der Waals surface area contributed by atoms with Crippen LogP contribution in [0.2, 0.25) is 5.02 Å². The van der Waals surface area contributed by atoms with E-state index in [-0.39, 0.29) is 0 Å². The molecule has 0 fully saturated rings. The monoisotopic (exact) mass is 237 g/mol. The molecule has 0 radical (unpaired) electrons. The summed E-state index contributed by atoms with van der Waals surface area (Å²) in [5, 5.41) is 4.39. The maximum atomic E-state index is 6.04. The van der Waals surface area contributed by atoms with Gasteiger partial charge >= 0.3 is 0 Å². The zero-order valence-electron chi connectivity index (χ0n) is 8.90. The Labute approximate surface area is 98.4 Å². The van der Waals surface area contributed by atoms with Gasteiger partial charge in [-0.2, -0.15) is 4.98 Å². The predicted octanol–water partition coefficient (Wildman–Crippen LogP) is 2.92. The number of nitrogen functional groups attached to an aromatic ring is 1. The van der Waals surface area contributed by atoms with E-state index >= 15 is 0 Å². The number of nitrogens with zero attached hydrogens (tertiary/aromatic N) is 2. The maximum Gasteiger partial charge on any atom is 0.259 e. The van der Waals surface area contributed by atoms with Gasteiger partial charge in [0.05, 0.1) is 10.6 Å². The summed E-state index contributed by atoms with van der Waals surface area (Å²) in [5.41, 5.74) is 6.93. The molecule has 1 heterocycles. The summed E-state index contributed by atoms with van der Waals surface area (Å²) in [4.78, 5) is 4.26. The number of hydrogen-bond acceptors (Lipinski definition) is 4. The van der Waals surface area contributed by atoms with Crippen LogP contribution in [0.5, 0.6) is 0 Å². The van der Waals surface area contributed by atoms with Crippen LogP contribution in [-0.2, 0) is 6.42 Å². The fourth-order valence-corrected chi connectivity index (χ4v) is 1.66. The van der Waals surface area contributed by atoms with Crippen LogP contribution >= 0.6 is 11.6 Å².